The Morgan fingerprint density at radius 3 is 2.77 bits per heavy atom. The number of aromatic nitrogens is 1. The molecule has 0 amide bonds. The maximum atomic E-state index is 11.9. The van der Waals surface area contributed by atoms with Gasteiger partial charge in [-0.2, -0.15) is 0 Å². The van der Waals surface area contributed by atoms with Crippen LogP contribution in [0.25, 0.3) is 10.9 Å². The number of para-hydroxylation sites is 1. The minimum absolute atomic E-state index is 0.373. The second-order valence-corrected chi connectivity index (χ2v) is 5.60. The molecule has 4 nitrogen and oxygen atoms in total. The third-order valence-corrected chi connectivity index (χ3v) is 3.80. The summed E-state index contributed by atoms with van der Waals surface area (Å²) in [5.74, 6) is -0.373. The highest BCUT2D eigenvalue weighted by molar-refractivity contribution is 9.10. The Morgan fingerprint density at radius 1 is 1.14 bits per heavy atom. The second-order valence-electron chi connectivity index (χ2n) is 4.68. The van der Waals surface area contributed by atoms with Gasteiger partial charge in [-0.1, -0.05) is 28.1 Å². The van der Waals surface area contributed by atoms with E-state index in [1.807, 2.05) is 36.4 Å². The summed E-state index contributed by atoms with van der Waals surface area (Å²) < 4.78 is 5.79. The van der Waals surface area contributed by atoms with Crippen LogP contribution in [0.3, 0.4) is 0 Å². The van der Waals surface area contributed by atoms with Crippen molar-refractivity contribution >= 4 is 44.2 Å². The van der Waals surface area contributed by atoms with E-state index in [1.165, 1.54) is 7.11 Å². The van der Waals surface area contributed by atoms with E-state index in [4.69, 9.17) is 4.74 Å². The van der Waals surface area contributed by atoms with Gasteiger partial charge in [0.05, 0.1) is 23.9 Å². The molecule has 0 saturated heterocycles. The molecule has 2 aromatic carbocycles. The van der Waals surface area contributed by atoms with Crippen molar-refractivity contribution in [1.29, 1.82) is 0 Å². The van der Waals surface area contributed by atoms with Crippen LogP contribution in [-0.4, -0.2) is 18.1 Å². The zero-order valence-electron chi connectivity index (χ0n) is 11.8. The lowest BCUT2D eigenvalue weighted by molar-refractivity contribution is 0.0602. The molecule has 0 aliphatic heterocycles. The highest BCUT2D eigenvalue weighted by Gasteiger charge is 2.12. The lowest BCUT2D eigenvalue weighted by Crippen LogP contribution is -2.05. The molecular formula is C17H13BrN2O2. The molecule has 22 heavy (non-hydrogen) atoms. The maximum absolute atomic E-state index is 11.9. The van der Waals surface area contributed by atoms with E-state index in [0.29, 0.717) is 11.3 Å². The van der Waals surface area contributed by atoms with Crippen LogP contribution in [0.15, 0.2) is 59.2 Å². The molecule has 3 rings (SSSR count). The Kier molecular flexibility index (Phi) is 4.06. The molecule has 0 aliphatic carbocycles. The highest BCUT2D eigenvalue weighted by Crippen LogP contribution is 2.29. The Labute approximate surface area is 136 Å². The van der Waals surface area contributed by atoms with Crippen LogP contribution in [0.4, 0.5) is 11.4 Å². The number of methoxy groups -OCH3 is 1. The number of halogens is 1. The van der Waals surface area contributed by atoms with E-state index in [9.17, 15) is 4.79 Å². The molecule has 0 fully saturated rings. The van der Waals surface area contributed by atoms with Gasteiger partial charge in [-0.25, -0.2) is 4.79 Å². The number of fused-ring (bicyclic) bond motifs is 1. The van der Waals surface area contributed by atoms with Crippen LogP contribution in [0.2, 0.25) is 0 Å². The average molecular weight is 357 g/mol. The molecule has 1 heterocycles. The van der Waals surface area contributed by atoms with E-state index in [1.54, 1.807) is 18.3 Å². The van der Waals surface area contributed by atoms with Crippen molar-refractivity contribution in [3.8, 4) is 0 Å². The molecule has 3 aromatic rings. The van der Waals surface area contributed by atoms with E-state index < -0.39 is 0 Å². The number of carbonyl (C=O) groups is 1. The van der Waals surface area contributed by atoms with Crippen molar-refractivity contribution in [2.45, 2.75) is 0 Å². The van der Waals surface area contributed by atoms with E-state index in [0.717, 1.165) is 21.1 Å². The van der Waals surface area contributed by atoms with E-state index in [2.05, 4.69) is 26.2 Å². The third kappa shape index (κ3) is 2.80. The smallest absolute Gasteiger partial charge is 0.339 e. The van der Waals surface area contributed by atoms with Crippen LogP contribution in [-0.2, 0) is 4.74 Å². The second kappa shape index (κ2) is 6.15. The van der Waals surface area contributed by atoms with Gasteiger partial charge in [-0.05, 0) is 36.4 Å². The fourth-order valence-corrected chi connectivity index (χ4v) is 2.61. The van der Waals surface area contributed by atoms with Crippen LogP contribution in [0.1, 0.15) is 10.4 Å². The predicted octanol–water partition coefficient (Wildman–Crippen LogP) is 4.53. The lowest BCUT2D eigenvalue weighted by atomic mass is 10.1. The first-order valence-corrected chi connectivity index (χ1v) is 7.47. The summed E-state index contributed by atoms with van der Waals surface area (Å²) in [6, 6.07) is 15.0. The summed E-state index contributed by atoms with van der Waals surface area (Å²) in [6.07, 6.45) is 1.74. The SMILES string of the molecule is COC(=O)c1ccccc1Nc1ccnc2ccc(Br)cc12. The number of benzene rings is 2. The fourth-order valence-electron chi connectivity index (χ4n) is 2.25. The normalized spacial score (nSPS) is 10.5. The highest BCUT2D eigenvalue weighted by atomic mass is 79.9. The minimum atomic E-state index is -0.373. The summed E-state index contributed by atoms with van der Waals surface area (Å²) in [7, 11) is 1.37. The van der Waals surface area contributed by atoms with Crippen molar-refractivity contribution in [2.75, 3.05) is 12.4 Å². The largest absolute Gasteiger partial charge is 0.465 e. The molecule has 0 unspecified atom stereocenters. The molecule has 0 spiro atoms. The Bertz CT molecular complexity index is 849. The Balaban J connectivity index is 2.08. The molecule has 0 saturated carbocycles. The monoisotopic (exact) mass is 356 g/mol. The first kappa shape index (κ1) is 14.5. The number of rotatable bonds is 3. The predicted molar refractivity (Wildman–Crippen MR) is 90.5 cm³/mol. The molecule has 0 atom stereocenters. The number of carbonyl (C=O) groups excluding carboxylic acids is 1. The standard InChI is InChI=1S/C17H13BrN2O2/c1-22-17(21)12-4-2-3-5-15(12)20-16-8-9-19-14-7-6-11(18)10-13(14)16/h2-10H,1H3,(H,19,20). The number of hydrogen-bond donors (Lipinski definition) is 1. The molecule has 0 bridgehead atoms. The van der Waals surface area contributed by atoms with Crippen molar-refractivity contribution in [3.05, 3.63) is 64.8 Å². The first-order chi connectivity index (χ1) is 10.7. The summed E-state index contributed by atoms with van der Waals surface area (Å²) >= 11 is 3.47. The van der Waals surface area contributed by atoms with Gasteiger partial charge in [0.25, 0.3) is 0 Å². The van der Waals surface area contributed by atoms with E-state index >= 15 is 0 Å². The van der Waals surface area contributed by atoms with Gasteiger partial charge in [0.1, 0.15) is 0 Å². The molecule has 1 aromatic heterocycles. The Morgan fingerprint density at radius 2 is 1.95 bits per heavy atom. The fraction of sp³-hybridized carbons (Fsp3) is 0.0588. The molecule has 5 heteroatoms. The molecule has 0 radical (unpaired) electrons. The van der Waals surface area contributed by atoms with Gasteiger partial charge >= 0.3 is 5.97 Å². The molecular weight excluding hydrogens is 344 g/mol. The number of pyridine rings is 1. The lowest BCUT2D eigenvalue weighted by Gasteiger charge is -2.12. The van der Waals surface area contributed by atoms with Crippen molar-refractivity contribution in [1.82, 2.24) is 4.98 Å². The topological polar surface area (TPSA) is 51.2 Å². The van der Waals surface area contributed by atoms with E-state index in [-0.39, 0.29) is 5.97 Å². The molecule has 0 aliphatic rings. The quantitative estimate of drug-likeness (QED) is 0.700. The molecule has 110 valence electrons. The van der Waals surface area contributed by atoms with Gasteiger partial charge in [-0.15, -0.1) is 0 Å². The number of esters is 1. The van der Waals surface area contributed by atoms with Crippen molar-refractivity contribution in [2.24, 2.45) is 0 Å². The zero-order valence-corrected chi connectivity index (χ0v) is 13.4. The van der Waals surface area contributed by atoms with Crippen LogP contribution in [0, 0.1) is 0 Å². The Hall–Kier alpha value is -2.40. The number of nitrogens with one attached hydrogen (secondary N) is 1. The minimum Gasteiger partial charge on any atom is -0.465 e. The first-order valence-electron chi connectivity index (χ1n) is 6.67. The van der Waals surface area contributed by atoms with Crippen LogP contribution < -0.4 is 5.32 Å². The summed E-state index contributed by atoms with van der Waals surface area (Å²) in [5, 5.41) is 4.27. The van der Waals surface area contributed by atoms with Crippen molar-refractivity contribution in [3.63, 3.8) is 0 Å². The number of nitrogens with zero attached hydrogens (tertiary/aromatic N) is 1. The van der Waals surface area contributed by atoms with Gasteiger partial charge in [-0.3, -0.25) is 4.98 Å². The van der Waals surface area contributed by atoms with Gasteiger partial charge in [0, 0.05) is 21.7 Å². The summed E-state index contributed by atoms with van der Waals surface area (Å²) in [6.45, 7) is 0. The zero-order chi connectivity index (χ0) is 15.5. The third-order valence-electron chi connectivity index (χ3n) is 3.31. The van der Waals surface area contributed by atoms with Gasteiger partial charge in [0.2, 0.25) is 0 Å². The van der Waals surface area contributed by atoms with Crippen LogP contribution >= 0.6 is 15.9 Å². The van der Waals surface area contributed by atoms with Gasteiger partial charge < -0.3 is 10.1 Å². The maximum Gasteiger partial charge on any atom is 0.339 e. The number of ether oxygens (including phenoxy) is 1. The average Bonchev–Trinajstić information content (AvgIpc) is 2.55. The van der Waals surface area contributed by atoms with Gasteiger partial charge in [0.15, 0.2) is 0 Å². The summed E-state index contributed by atoms with van der Waals surface area (Å²) in [5.41, 5.74) is 2.94. The number of anilines is 2. The number of hydrogen-bond acceptors (Lipinski definition) is 4. The van der Waals surface area contributed by atoms with Crippen molar-refractivity contribution < 1.29 is 9.53 Å². The summed E-state index contributed by atoms with van der Waals surface area (Å²) in [4.78, 5) is 16.2. The van der Waals surface area contributed by atoms with Crippen LogP contribution in [0.5, 0.6) is 0 Å². The molecule has 1 N–H and O–H groups in total.